The topological polar surface area (TPSA) is 64.7 Å². The molecule has 0 bridgehead atoms. The van der Waals surface area contributed by atoms with E-state index in [-0.39, 0.29) is 25.3 Å². The first kappa shape index (κ1) is 28.1. The van der Waals surface area contributed by atoms with Crippen molar-refractivity contribution in [2.45, 2.75) is 38.8 Å². The van der Waals surface area contributed by atoms with Gasteiger partial charge in [-0.2, -0.15) is 0 Å². The third kappa shape index (κ3) is 7.15. The quantitative estimate of drug-likeness (QED) is 0.533. The van der Waals surface area contributed by atoms with Crippen molar-refractivity contribution in [2.24, 2.45) is 0 Å². The van der Waals surface area contributed by atoms with Crippen LogP contribution in [0.15, 0.2) is 108 Å². The molecule has 6 nitrogen and oxygen atoms in total. The molecule has 1 unspecified atom stereocenters. The van der Waals surface area contributed by atoms with Gasteiger partial charge in [0.25, 0.3) is 11.8 Å². The van der Waals surface area contributed by atoms with Gasteiger partial charge in [0.05, 0.1) is 11.6 Å². The lowest BCUT2D eigenvalue weighted by molar-refractivity contribution is -0.130. The van der Waals surface area contributed by atoms with Gasteiger partial charge in [-0.05, 0) is 24.0 Å². The van der Waals surface area contributed by atoms with Gasteiger partial charge in [0.1, 0.15) is 0 Å². The Labute approximate surface area is 234 Å². The van der Waals surface area contributed by atoms with Gasteiger partial charge in [-0.15, -0.1) is 0 Å². The van der Waals surface area contributed by atoms with Crippen molar-refractivity contribution in [3.8, 4) is 0 Å². The van der Waals surface area contributed by atoms with Crippen LogP contribution in [-0.4, -0.2) is 60.4 Å². The molecule has 5 rings (SSSR count). The van der Waals surface area contributed by atoms with Crippen molar-refractivity contribution in [2.75, 3.05) is 32.7 Å². The second-order valence-electron chi connectivity index (χ2n) is 9.63. The Kier molecular flexibility index (Phi) is 10.3. The minimum Gasteiger partial charge on any atom is -0.387 e. The highest BCUT2D eigenvalue weighted by molar-refractivity contribution is 5.97. The number of benzene rings is 2. The van der Waals surface area contributed by atoms with Gasteiger partial charge in [-0.3, -0.25) is 14.5 Å². The van der Waals surface area contributed by atoms with E-state index in [4.69, 9.17) is 0 Å². The molecule has 0 spiro atoms. The van der Waals surface area contributed by atoms with Gasteiger partial charge < -0.3 is 15.5 Å². The molecule has 1 aliphatic carbocycles. The molecule has 206 valence electrons. The van der Waals surface area contributed by atoms with E-state index < -0.39 is 0 Å². The van der Waals surface area contributed by atoms with Crippen LogP contribution in [0.2, 0.25) is 0 Å². The fraction of sp³-hybridized carbons (Fsp3) is 0.333. The van der Waals surface area contributed by atoms with Gasteiger partial charge in [0.2, 0.25) is 0 Å². The van der Waals surface area contributed by atoms with Gasteiger partial charge in [-0.1, -0.05) is 105 Å². The summed E-state index contributed by atoms with van der Waals surface area (Å²) in [6.45, 7) is 7.05. The lowest BCUT2D eigenvalue weighted by Gasteiger charge is -2.45. The molecular weight excluding hydrogens is 484 g/mol. The average molecular weight is 527 g/mol. The molecule has 1 saturated heterocycles. The van der Waals surface area contributed by atoms with E-state index >= 15 is 0 Å². The lowest BCUT2D eigenvalue weighted by atomic mass is 9.94. The molecule has 2 heterocycles. The lowest BCUT2D eigenvalue weighted by Crippen LogP contribution is -2.59. The molecule has 2 amide bonds. The summed E-state index contributed by atoms with van der Waals surface area (Å²) in [7, 11) is 0. The SMILES string of the molecule is CC.O=C(NCC1CN(C(=O)C2=CNCC=C2)CCN1C(c1ccccc1)c1ccccc1)C1=CCCC=C1.[HH]. The van der Waals surface area contributed by atoms with Crippen LogP contribution in [0.25, 0.3) is 0 Å². The fourth-order valence-corrected chi connectivity index (χ4v) is 5.30. The Bertz CT molecular complexity index is 1180. The van der Waals surface area contributed by atoms with Crippen LogP contribution in [-0.2, 0) is 9.59 Å². The van der Waals surface area contributed by atoms with E-state index in [0.29, 0.717) is 37.3 Å². The third-order valence-electron chi connectivity index (χ3n) is 7.17. The van der Waals surface area contributed by atoms with E-state index in [2.05, 4.69) is 64.1 Å². The number of allylic oxidation sites excluding steroid dienone is 2. The van der Waals surface area contributed by atoms with Crippen molar-refractivity contribution in [3.05, 3.63) is 120 Å². The first-order valence-electron chi connectivity index (χ1n) is 14.1. The molecule has 2 aromatic carbocycles. The van der Waals surface area contributed by atoms with Crippen LogP contribution >= 0.6 is 0 Å². The van der Waals surface area contributed by atoms with E-state index in [1.165, 1.54) is 11.1 Å². The summed E-state index contributed by atoms with van der Waals surface area (Å²) in [5.41, 5.74) is 3.78. The summed E-state index contributed by atoms with van der Waals surface area (Å²) in [5.74, 6) is -0.0363. The Morgan fingerprint density at radius 3 is 2.18 bits per heavy atom. The van der Waals surface area contributed by atoms with Crippen LogP contribution < -0.4 is 10.6 Å². The third-order valence-corrected chi connectivity index (χ3v) is 7.17. The zero-order chi connectivity index (χ0) is 27.5. The molecule has 39 heavy (non-hydrogen) atoms. The second kappa shape index (κ2) is 14.3. The Morgan fingerprint density at radius 2 is 1.59 bits per heavy atom. The molecule has 2 N–H and O–H groups in total. The molecule has 2 aromatic rings. The molecular formula is C33H42N4O2. The molecule has 0 saturated carbocycles. The van der Waals surface area contributed by atoms with Gasteiger partial charge in [-0.25, -0.2) is 0 Å². The second-order valence-corrected chi connectivity index (χ2v) is 9.63. The first-order valence-corrected chi connectivity index (χ1v) is 14.1. The van der Waals surface area contributed by atoms with Crippen LogP contribution in [0, 0.1) is 0 Å². The van der Waals surface area contributed by atoms with Gasteiger partial charge in [0.15, 0.2) is 0 Å². The van der Waals surface area contributed by atoms with Gasteiger partial charge >= 0.3 is 0 Å². The number of rotatable bonds is 7. The summed E-state index contributed by atoms with van der Waals surface area (Å²) in [6, 6.07) is 20.9. The van der Waals surface area contributed by atoms with Crippen molar-refractivity contribution in [1.29, 1.82) is 0 Å². The zero-order valence-corrected chi connectivity index (χ0v) is 23.1. The van der Waals surface area contributed by atoms with Crippen molar-refractivity contribution >= 4 is 11.8 Å². The Morgan fingerprint density at radius 1 is 0.923 bits per heavy atom. The highest BCUT2D eigenvalue weighted by atomic mass is 16.2. The maximum atomic E-state index is 13.3. The highest BCUT2D eigenvalue weighted by Crippen LogP contribution is 2.32. The number of piperazine rings is 1. The minimum absolute atomic E-state index is 0. The summed E-state index contributed by atoms with van der Waals surface area (Å²) >= 11 is 0. The smallest absolute Gasteiger partial charge is 0.255 e. The largest absolute Gasteiger partial charge is 0.387 e. The number of dihydropyridines is 1. The summed E-state index contributed by atoms with van der Waals surface area (Å²) in [5, 5.41) is 6.31. The molecule has 1 fully saturated rings. The van der Waals surface area contributed by atoms with Crippen LogP contribution in [0.1, 0.15) is 45.3 Å². The van der Waals surface area contributed by atoms with Crippen molar-refractivity contribution in [3.63, 3.8) is 0 Å². The molecule has 0 aromatic heterocycles. The number of nitrogens with one attached hydrogen (secondary N) is 2. The van der Waals surface area contributed by atoms with E-state index in [1.54, 1.807) is 6.20 Å². The van der Waals surface area contributed by atoms with E-state index in [1.807, 2.05) is 61.3 Å². The number of amides is 2. The van der Waals surface area contributed by atoms with Crippen LogP contribution in [0.3, 0.4) is 0 Å². The normalized spacial score (nSPS) is 18.8. The number of carbonyl (C=O) groups excluding carboxylic acids is 2. The molecule has 3 aliphatic rings. The summed E-state index contributed by atoms with van der Waals surface area (Å²) < 4.78 is 0. The standard InChI is InChI=1S/C31H34N4O2.C2H6.H2/c36-30(26-15-8-3-9-16-26)33-22-28-23-34(31(37)27-17-10-18-32-21-27)19-20-35(28)29(24-11-4-1-5-12-24)25-13-6-2-7-14-25;1-2;/h1-2,4-8,10-17,21,28-29,32H,3,9,18-20,22-23H2,(H,33,36);1-2H3;1H. The van der Waals surface area contributed by atoms with Crippen LogP contribution in [0.4, 0.5) is 0 Å². The number of carbonyl (C=O) groups is 2. The fourth-order valence-electron chi connectivity index (χ4n) is 5.30. The number of nitrogens with zero attached hydrogens (tertiary/aromatic N) is 2. The first-order chi connectivity index (χ1) is 19.2. The maximum Gasteiger partial charge on any atom is 0.255 e. The minimum atomic E-state index is -0.0579. The average Bonchev–Trinajstić information content (AvgIpc) is 3.03. The van der Waals surface area contributed by atoms with Crippen molar-refractivity contribution in [1.82, 2.24) is 20.4 Å². The monoisotopic (exact) mass is 526 g/mol. The molecule has 6 heteroatoms. The van der Waals surface area contributed by atoms with E-state index in [0.717, 1.165) is 19.4 Å². The highest BCUT2D eigenvalue weighted by Gasteiger charge is 2.36. The summed E-state index contributed by atoms with van der Waals surface area (Å²) in [6.07, 6.45) is 13.5. The predicted octanol–water partition coefficient (Wildman–Crippen LogP) is 5.00. The van der Waals surface area contributed by atoms with Gasteiger partial charge in [0, 0.05) is 52.0 Å². The zero-order valence-electron chi connectivity index (χ0n) is 23.1. The predicted molar refractivity (Wildman–Crippen MR) is 160 cm³/mol. The molecule has 2 aliphatic heterocycles. The number of hydrogen-bond acceptors (Lipinski definition) is 4. The molecule has 0 radical (unpaired) electrons. The van der Waals surface area contributed by atoms with Crippen LogP contribution in [0.5, 0.6) is 0 Å². The Balaban J connectivity index is 0.00000144. The number of hydrogen-bond donors (Lipinski definition) is 2. The maximum absolute atomic E-state index is 13.3. The summed E-state index contributed by atoms with van der Waals surface area (Å²) in [4.78, 5) is 30.7. The Hall–Kier alpha value is -3.90. The van der Waals surface area contributed by atoms with E-state index in [9.17, 15) is 9.59 Å². The molecule has 1 atom stereocenters. The van der Waals surface area contributed by atoms with Crippen molar-refractivity contribution < 1.29 is 11.0 Å².